The van der Waals surface area contributed by atoms with Crippen molar-refractivity contribution < 1.29 is 4.74 Å². The Labute approximate surface area is 124 Å². The Morgan fingerprint density at radius 1 is 1.15 bits per heavy atom. The average Bonchev–Trinajstić information content (AvgIpc) is 2.81. The van der Waals surface area contributed by atoms with E-state index in [2.05, 4.69) is 41.7 Å². The second-order valence-corrected chi connectivity index (χ2v) is 5.73. The molecule has 1 aliphatic carbocycles. The van der Waals surface area contributed by atoms with E-state index in [0.29, 0.717) is 12.6 Å². The predicted molar refractivity (Wildman–Crippen MR) is 83.4 cm³/mol. The molecule has 20 heavy (non-hydrogen) atoms. The summed E-state index contributed by atoms with van der Waals surface area (Å²) in [6.45, 7) is 0.649. The summed E-state index contributed by atoms with van der Waals surface area (Å²) in [5, 5.41) is 4.43. The van der Waals surface area contributed by atoms with Crippen LogP contribution in [-0.4, -0.2) is 13.2 Å². The van der Waals surface area contributed by atoms with Crippen molar-refractivity contribution >= 4 is 17.3 Å². The van der Waals surface area contributed by atoms with Gasteiger partial charge in [-0.2, -0.15) is 0 Å². The molecule has 0 spiro atoms. The van der Waals surface area contributed by atoms with Crippen LogP contribution < -0.4 is 5.32 Å². The van der Waals surface area contributed by atoms with Crippen molar-refractivity contribution in [1.82, 2.24) is 0 Å². The first-order chi connectivity index (χ1) is 9.74. The molecule has 3 rings (SSSR count). The molecule has 0 saturated carbocycles. The number of hydrogen-bond donors (Lipinski definition) is 1. The van der Waals surface area contributed by atoms with E-state index in [1.807, 2.05) is 6.07 Å². The Kier molecular flexibility index (Phi) is 3.95. The molecular weight excluding hydrogens is 270 g/mol. The summed E-state index contributed by atoms with van der Waals surface area (Å²) in [7, 11) is 1.72. The van der Waals surface area contributed by atoms with Crippen molar-refractivity contribution in [2.45, 2.75) is 25.5 Å². The molecule has 2 nitrogen and oxygen atoms in total. The van der Waals surface area contributed by atoms with Gasteiger partial charge in [-0.1, -0.05) is 29.8 Å². The molecule has 0 bridgehead atoms. The average molecular weight is 288 g/mol. The highest BCUT2D eigenvalue weighted by atomic mass is 35.5. The second kappa shape index (κ2) is 5.86. The molecule has 0 aliphatic heterocycles. The molecule has 0 heterocycles. The number of rotatable bonds is 4. The first-order valence-corrected chi connectivity index (χ1v) is 7.24. The first-order valence-electron chi connectivity index (χ1n) is 6.86. The lowest BCUT2D eigenvalue weighted by atomic mass is 10.1. The third kappa shape index (κ3) is 2.97. The van der Waals surface area contributed by atoms with Gasteiger partial charge in [0.25, 0.3) is 0 Å². The van der Waals surface area contributed by atoms with E-state index in [-0.39, 0.29) is 0 Å². The second-order valence-electron chi connectivity index (χ2n) is 5.30. The van der Waals surface area contributed by atoms with Crippen LogP contribution in [0.15, 0.2) is 42.5 Å². The number of ether oxygens (including phenoxy) is 1. The van der Waals surface area contributed by atoms with E-state index in [1.54, 1.807) is 7.11 Å². The van der Waals surface area contributed by atoms with Gasteiger partial charge >= 0.3 is 0 Å². The van der Waals surface area contributed by atoms with Crippen molar-refractivity contribution in [3.05, 3.63) is 64.2 Å². The zero-order valence-corrected chi connectivity index (χ0v) is 12.3. The van der Waals surface area contributed by atoms with Crippen LogP contribution in [0.1, 0.15) is 16.7 Å². The molecule has 0 amide bonds. The van der Waals surface area contributed by atoms with E-state index in [0.717, 1.165) is 23.6 Å². The molecule has 2 aromatic carbocycles. The summed E-state index contributed by atoms with van der Waals surface area (Å²) in [5.74, 6) is 0. The largest absolute Gasteiger partial charge is 0.382 e. The minimum atomic E-state index is 0.446. The van der Waals surface area contributed by atoms with Crippen LogP contribution in [0.25, 0.3) is 0 Å². The number of anilines is 1. The van der Waals surface area contributed by atoms with Gasteiger partial charge < -0.3 is 10.1 Å². The lowest BCUT2D eigenvalue weighted by Crippen LogP contribution is -2.19. The van der Waals surface area contributed by atoms with Gasteiger partial charge in [-0.25, -0.2) is 0 Å². The maximum atomic E-state index is 6.05. The Hall–Kier alpha value is -1.51. The molecular formula is C17H18ClNO. The van der Waals surface area contributed by atoms with Gasteiger partial charge in [-0.05, 0) is 53.8 Å². The van der Waals surface area contributed by atoms with Crippen LogP contribution in [0.4, 0.5) is 5.69 Å². The van der Waals surface area contributed by atoms with Crippen molar-refractivity contribution in [3.8, 4) is 0 Å². The van der Waals surface area contributed by atoms with Crippen LogP contribution >= 0.6 is 11.6 Å². The highest BCUT2D eigenvalue weighted by Crippen LogP contribution is 2.27. The molecule has 0 radical (unpaired) electrons. The van der Waals surface area contributed by atoms with Crippen LogP contribution in [0.2, 0.25) is 5.02 Å². The fourth-order valence-electron chi connectivity index (χ4n) is 2.84. The normalized spacial score (nSPS) is 17.0. The number of hydrogen-bond acceptors (Lipinski definition) is 2. The lowest BCUT2D eigenvalue weighted by Gasteiger charge is -2.14. The minimum Gasteiger partial charge on any atom is -0.382 e. The first kappa shape index (κ1) is 13.5. The summed E-state index contributed by atoms with van der Waals surface area (Å²) in [5.41, 5.74) is 5.11. The molecule has 0 aromatic heterocycles. The van der Waals surface area contributed by atoms with Crippen LogP contribution in [0, 0.1) is 0 Å². The predicted octanol–water partition coefficient (Wildman–Crippen LogP) is 4.07. The Morgan fingerprint density at radius 2 is 2.00 bits per heavy atom. The summed E-state index contributed by atoms with van der Waals surface area (Å²) in [4.78, 5) is 0. The number of halogens is 1. The van der Waals surface area contributed by atoms with Crippen molar-refractivity contribution in [3.63, 3.8) is 0 Å². The van der Waals surface area contributed by atoms with Crippen molar-refractivity contribution in [2.24, 2.45) is 0 Å². The standard InChI is InChI=1S/C17H18ClNO/c1-20-11-12-3-2-4-16(7-12)19-17-9-13-5-6-15(18)8-14(13)10-17/h2-8,17,19H,9-11H2,1H3. The Morgan fingerprint density at radius 3 is 2.85 bits per heavy atom. The highest BCUT2D eigenvalue weighted by Gasteiger charge is 2.21. The zero-order valence-electron chi connectivity index (χ0n) is 11.5. The number of nitrogens with one attached hydrogen (secondary N) is 1. The third-order valence-corrected chi connectivity index (χ3v) is 3.94. The Bertz CT molecular complexity index is 612. The maximum absolute atomic E-state index is 6.05. The lowest BCUT2D eigenvalue weighted by molar-refractivity contribution is 0.185. The molecule has 1 N–H and O–H groups in total. The summed E-state index contributed by atoms with van der Waals surface area (Å²) in [6.07, 6.45) is 2.09. The molecule has 104 valence electrons. The molecule has 3 heteroatoms. The van der Waals surface area contributed by atoms with Crippen molar-refractivity contribution in [1.29, 1.82) is 0 Å². The van der Waals surface area contributed by atoms with Gasteiger partial charge in [0, 0.05) is 23.9 Å². The maximum Gasteiger partial charge on any atom is 0.0713 e. The molecule has 1 atom stereocenters. The van der Waals surface area contributed by atoms with E-state index < -0.39 is 0 Å². The highest BCUT2D eigenvalue weighted by molar-refractivity contribution is 6.30. The van der Waals surface area contributed by atoms with Gasteiger partial charge in [0.15, 0.2) is 0 Å². The van der Waals surface area contributed by atoms with Crippen molar-refractivity contribution in [2.75, 3.05) is 12.4 Å². The summed E-state index contributed by atoms with van der Waals surface area (Å²) < 4.78 is 5.17. The third-order valence-electron chi connectivity index (χ3n) is 3.71. The van der Waals surface area contributed by atoms with Crippen LogP contribution in [0.5, 0.6) is 0 Å². The number of fused-ring (bicyclic) bond motifs is 1. The molecule has 0 saturated heterocycles. The number of methoxy groups -OCH3 is 1. The van der Waals surface area contributed by atoms with Gasteiger partial charge in [0.05, 0.1) is 6.61 Å². The van der Waals surface area contributed by atoms with E-state index in [1.165, 1.54) is 16.7 Å². The molecule has 2 aromatic rings. The van der Waals surface area contributed by atoms with Crippen LogP contribution in [0.3, 0.4) is 0 Å². The van der Waals surface area contributed by atoms with Gasteiger partial charge in [-0.15, -0.1) is 0 Å². The molecule has 1 aliphatic rings. The fourth-order valence-corrected chi connectivity index (χ4v) is 3.04. The fraction of sp³-hybridized carbons (Fsp3) is 0.294. The summed E-state index contributed by atoms with van der Waals surface area (Å²) >= 11 is 6.05. The zero-order chi connectivity index (χ0) is 13.9. The van der Waals surface area contributed by atoms with E-state index >= 15 is 0 Å². The molecule has 0 fully saturated rings. The SMILES string of the molecule is COCc1cccc(NC2Cc3ccc(Cl)cc3C2)c1. The summed E-state index contributed by atoms with van der Waals surface area (Å²) in [6, 6.07) is 15.0. The Balaban J connectivity index is 1.70. The minimum absolute atomic E-state index is 0.446. The van der Waals surface area contributed by atoms with E-state index in [9.17, 15) is 0 Å². The monoisotopic (exact) mass is 287 g/mol. The quantitative estimate of drug-likeness (QED) is 0.915. The number of benzene rings is 2. The topological polar surface area (TPSA) is 21.3 Å². The smallest absolute Gasteiger partial charge is 0.0713 e. The van der Waals surface area contributed by atoms with Gasteiger partial charge in [0.1, 0.15) is 0 Å². The van der Waals surface area contributed by atoms with E-state index in [4.69, 9.17) is 16.3 Å². The van der Waals surface area contributed by atoms with Gasteiger partial charge in [0.2, 0.25) is 0 Å². The van der Waals surface area contributed by atoms with Gasteiger partial charge in [-0.3, -0.25) is 0 Å². The van der Waals surface area contributed by atoms with Crippen LogP contribution in [-0.2, 0) is 24.2 Å². The molecule has 1 unspecified atom stereocenters.